The van der Waals surface area contributed by atoms with E-state index in [0.717, 1.165) is 0 Å². The molecule has 0 unspecified atom stereocenters. The number of hydrogen-bond donors (Lipinski definition) is 2. The highest BCUT2D eigenvalue weighted by Crippen LogP contribution is 1.89. The second kappa shape index (κ2) is 6.46. The highest BCUT2D eigenvalue weighted by molar-refractivity contribution is 5.79. The van der Waals surface area contributed by atoms with Gasteiger partial charge in [0.1, 0.15) is 6.54 Å². The van der Waals surface area contributed by atoms with Crippen LogP contribution in [0.4, 0.5) is 4.79 Å². The Hall–Kier alpha value is -2.12. The summed E-state index contributed by atoms with van der Waals surface area (Å²) in [7, 11) is 0. The molecular weight excluding hydrogens is 226 g/mol. The molecule has 1 aromatic heterocycles. The zero-order chi connectivity index (χ0) is 12.7. The van der Waals surface area contributed by atoms with Gasteiger partial charge in [-0.1, -0.05) is 5.21 Å². The van der Waals surface area contributed by atoms with Crippen molar-refractivity contribution in [3.8, 4) is 0 Å². The van der Waals surface area contributed by atoms with E-state index in [1.54, 1.807) is 24.0 Å². The van der Waals surface area contributed by atoms with Gasteiger partial charge in [0.05, 0.1) is 12.7 Å². The first kappa shape index (κ1) is 12.9. The Labute approximate surface area is 98.2 Å². The molecule has 8 nitrogen and oxygen atoms in total. The Bertz CT molecular complexity index is 365. The standard InChI is InChI=1S/C9H15N5O3/c1-2-13(7-8(15)16)9(17)10-3-5-14-6-4-11-12-14/h4,6H,2-3,5,7H2,1H3,(H,10,17)(H,15,16). The van der Waals surface area contributed by atoms with E-state index >= 15 is 0 Å². The fourth-order valence-corrected chi connectivity index (χ4v) is 1.23. The summed E-state index contributed by atoms with van der Waals surface area (Å²) >= 11 is 0. The Kier molecular flexibility index (Phi) is 4.92. The van der Waals surface area contributed by atoms with Crippen molar-refractivity contribution in [1.82, 2.24) is 25.2 Å². The van der Waals surface area contributed by atoms with Crippen molar-refractivity contribution in [2.45, 2.75) is 13.5 Å². The van der Waals surface area contributed by atoms with E-state index < -0.39 is 12.0 Å². The number of carbonyl (C=O) groups is 2. The second-order valence-electron chi connectivity index (χ2n) is 3.31. The van der Waals surface area contributed by atoms with E-state index in [0.29, 0.717) is 19.6 Å². The number of likely N-dealkylation sites (N-methyl/N-ethyl adjacent to an activating group) is 1. The highest BCUT2D eigenvalue weighted by Gasteiger charge is 2.13. The molecule has 0 saturated carbocycles. The molecule has 17 heavy (non-hydrogen) atoms. The Morgan fingerprint density at radius 1 is 1.53 bits per heavy atom. The van der Waals surface area contributed by atoms with Gasteiger partial charge < -0.3 is 15.3 Å². The Morgan fingerprint density at radius 3 is 2.82 bits per heavy atom. The molecule has 0 saturated heterocycles. The molecule has 0 bridgehead atoms. The highest BCUT2D eigenvalue weighted by atomic mass is 16.4. The van der Waals surface area contributed by atoms with Gasteiger partial charge in [-0.05, 0) is 6.92 Å². The van der Waals surface area contributed by atoms with Gasteiger partial charge in [-0.2, -0.15) is 0 Å². The number of aliphatic carboxylic acids is 1. The molecule has 0 spiro atoms. The predicted molar refractivity (Wildman–Crippen MR) is 58.3 cm³/mol. The number of urea groups is 1. The zero-order valence-corrected chi connectivity index (χ0v) is 9.54. The van der Waals surface area contributed by atoms with E-state index in [1.165, 1.54) is 4.90 Å². The molecular formula is C9H15N5O3. The molecule has 1 aromatic rings. The lowest BCUT2D eigenvalue weighted by molar-refractivity contribution is -0.137. The molecule has 2 amide bonds. The molecule has 1 rings (SSSR count). The predicted octanol–water partition coefficient (Wildman–Crippen LogP) is -0.606. The van der Waals surface area contributed by atoms with Crippen molar-refractivity contribution in [2.75, 3.05) is 19.6 Å². The summed E-state index contributed by atoms with van der Waals surface area (Å²) in [6.07, 6.45) is 3.23. The van der Waals surface area contributed by atoms with Crippen LogP contribution in [0.1, 0.15) is 6.92 Å². The van der Waals surface area contributed by atoms with Crippen LogP contribution < -0.4 is 5.32 Å². The molecule has 8 heteroatoms. The van der Waals surface area contributed by atoms with Gasteiger partial charge >= 0.3 is 12.0 Å². The second-order valence-corrected chi connectivity index (χ2v) is 3.31. The van der Waals surface area contributed by atoms with Crippen molar-refractivity contribution in [3.63, 3.8) is 0 Å². The van der Waals surface area contributed by atoms with Crippen molar-refractivity contribution in [3.05, 3.63) is 12.4 Å². The lowest BCUT2D eigenvalue weighted by Gasteiger charge is -2.18. The van der Waals surface area contributed by atoms with Crippen molar-refractivity contribution in [2.24, 2.45) is 0 Å². The van der Waals surface area contributed by atoms with Crippen LogP contribution in [0.15, 0.2) is 12.4 Å². The molecule has 0 radical (unpaired) electrons. The number of carboxylic acids is 1. The molecule has 0 fully saturated rings. The summed E-state index contributed by atoms with van der Waals surface area (Å²) in [6, 6.07) is -0.394. The third-order valence-corrected chi connectivity index (χ3v) is 2.08. The summed E-state index contributed by atoms with van der Waals surface area (Å²) in [6.45, 7) is 2.64. The fourth-order valence-electron chi connectivity index (χ4n) is 1.23. The van der Waals surface area contributed by atoms with Gasteiger partial charge in [-0.25, -0.2) is 4.79 Å². The average molecular weight is 241 g/mol. The number of nitrogens with one attached hydrogen (secondary N) is 1. The minimum atomic E-state index is -1.03. The van der Waals surface area contributed by atoms with Gasteiger partial charge in [-0.3, -0.25) is 9.48 Å². The summed E-state index contributed by atoms with van der Waals surface area (Å²) in [5.74, 6) is -1.03. The van der Waals surface area contributed by atoms with Crippen LogP contribution >= 0.6 is 0 Å². The van der Waals surface area contributed by atoms with Crippen LogP contribution in [-0.2, 0) is 11.3 Å². The fraction of sp³-hybridized carbons (Fsp3) is 0.556. The average Bonchev–Trinajstić information content (AvgIpc) is 2.78. The summed E-state index contributed by atoms with van der Waals surface area (Å²) in [5, 5.41) is 18.6. The lowest BCUT2D eigenvalue weighted by Crippen LogP contribution is -2.43. The third kappa shape index (κ3) is 4.49. The Balaban J connectivity index is 2.29. The number of carbonyl (C=O) groups excluding carboxylic acids is 1. The molecule has 2 N–H and O–H groups in total. The molecule has 94 valence electrons. The minimum absolute atomic E-state index is 0.300. The van der Waals surface area contributed by atoms with Crippen LogP contribution in [0, 0.1) is 0 Å². The number of nitrogens with zero attached hydrogens (tertiary/aromatic N) is 4. The van der Waals surface area contributed by atoms with Crippen LogP contribution in [-0.4, -0.2) is 56.6 Å². The zero-order valence-electron chi connectivity index (χ0n) is 9.54. The van der Waals surface area contributed by atoms with E-state index in [-0.39, 0.29) is 6.54 Å². The molecule has 0 aliphatic rings. The summed E-state index contributed by atoms with van der Waals surface area (Å²) in [5.41, 5.74) is 0. The molecule has 0 aromatic carbocycles. The molecule has 1 heterocycles. The van der Waals surface area contributed by atoms with Gasteiger partial charge in [0.25, 0.3) is 0 Å². The van der Waals surface area contributed by atoms with E-state index in [2.05, 4.69) is 15.6 Å². The van der Waals surface area contributed by atoms with E-state index in [9.17, 15) is 9.59 Å². The van der Waals surface area contributed by atoms with Gasteiger partial charge in [-0.15, -0.1) is 5.10 Å². The number of hydrogen-bond acceptors (Lipinski definition) is 4. The maximum absolute atomic E-state index is 11.5. The normalized spacial score (nSPS) is 9.94. The van der Waals surface area contributed by atoms with Gasteiger partial charge in [0, 0.05) is 19.3 Å². The first-order valence-electron chi connectivity index (χ1n) is 5.22. The smallest absolute Gasteiger partial charge is 0.323 e. The van der Waals surface area contributed by atoms with Crippen LogP contribution in [0.5, 0.6) is 0 Å². The third-order valence-electron chi connectivity index (χ3n) is 2.08. The SMILES string of the molecule is CCN(CC(=O)O)C(=O)NCCn1ccnn1. The number of carboxylic acid groups (broad SMARTS) is 1. The van der Waals surface area contributed by atoms with Crippen molar-refractivity contribution < 1.29 is 14.7 Å². The van der Waals surface area contributed by atoms with Crippen molar-refractivity contribution in [1.29, 1.82) is 0 Å². The molecule has 0 atom stereocenters. The Morgan fingerprint density at radius 2 is 2.29 bits per heavy atom. The summed E-state index contributed by atoms with van der Waals surface area (Å²) in [4.78, 5) is 23.2. The molecule has 0 aliphatic heterocycles. The van der Waals surface area contributed by atoms with Crippen LogP contribution in [0.2, 0.25) is 0 Å². The largest absolute Gasteiger partial charge is 0.480 e. The number of rotatable bonds is 6. The van der Waals surface area contributed by atoms with Crippen molar-refractivity contribution >= 4 is 12.0 Å². The minimum Gasteiger partial charge on any atom is -0.480 e. The van der Waals surface area contributed by atoms with Gasteiger partial charge in [0.2, 0.25) is 0 Å². The van der Waals surface area contributed by atoms with Crippen LogP contribution in [0.3, 0.4) is 0 Å². The quantitative estimate of drug-likeness (QED) is 0.692. The first-order chi connectivity index (χ1) is 8.13. The maximum atomic E-state index is 11.5. The monoisotopic (exact) mass is 241 g/mol. The number of aromatic nitrogens is 3. The van der Waals surface area contributed by atoms with E-state index in [1.807, 2.05) is 0 Å². The van der Waals surface area contributed by atoms with E-state index in [4.69, 9.17) is 5.11 Å². The topological polar surface area (TPSA) is 100 Å². The molecule has 0 aliphatic carbocycles. The maximum Gasteiger partial charge on any atom is 0.323 e. The lowest BCUT2D eigenvalue weighted by atomic mass is 10.5. The summed E-state index contributed by atoms with van der Waals surface area (Å²) < 4.78 is 1.58. The first-order valence-corrected chi connectivity index (χ1v) is 5.22. The number of amides is 2. The van der Waals surface area contributed by atoms with Crippen LogP contribution in [0.25, 0.3) is 0 Å². The van der Waals surface area contributed by atoms with Gasteiger partial charge in [0.15, 0.2) is 0 Å².